The number of benzene rings is 3. The molecule has 4 aromatic rings. The Kier molecular flexibility index (Phi) is 5.62. The van der Waals surface area contributed by atoms with Crippen LogP contribution in [0.25, 0.3) is 20.8 Å². The molecule has 0 unspecified atom stereocenters. The van der Waals surface area contributed by atoms with Crippen LogP contribution in [0.2, 0.25) is 0 Å². The predicted octanol–water partition coefficient (Wildman–Crippen LogP) is 5.29. The second kappa shape index (κ2) is 8.37. The van der Waals surface area contributed by atoms with Crippen molar-refractivity contribution in [3.8, 4) is 10.6 Å². The Balaban J connectivity index is 1.39. The first-order valence-corrected chi connectivity index (χ1v) is 12.1. The Morgan fingerprint density at radius 2 is 1.45 bits per heavy atom. The van der Waals surface area contributed by atoms with Crippen molar-refractivity contribution in [2.75, 3.05) is 21.6 Å². The van der Waals surface area contributed by atoms with Gasteiger partial charge < -0.3 is 10.6 Å². The number of rotatable bonds is 5. The zero-order chi connectivity index (χ0) is 22.0. The van der Waals surface area contributed by atoms with Crippen molar-refractivity contribution in [1.82, 2.24) is 4.98 Å². The SMILES string of the molecule is Cc1ccc2nc(-c3ccc(NC(=O)Nc4ccc(NS(C)(=O)=O)cc4)cc3)sc2c1. The van der Waals surface area contributed by atoms with Crippen molar-refractivity contribution in [3.63, 3.8) is 0 Å². The highest BCUT2D eigenvalue weighted by molar-refractivity contribution is 7.92. The van der Waals surface area contributed by atoms with E-state index in [0.717, 1.165) is 27.0 Å². The summed E-state index contributed by atoms with van der Waals surface area (Å²) < 4.78 is 26.0. The summed E-state index contributed by atoms with van der Waals surface area (Å²) >= 11 is 1.64. The molecule has 0 saturated carbocycles. The number of amides is 2. The Hall–Kier alpha value is -3.43. The fourth-order valence-corrected chi connectivity index (χ4v) is 4.61. The lowest BCUT2D eigenvalue weighted by Crippen LogP contribution is -2.19. The van der Waals surface area contributed by atoms with Gasteiger partial charge in [0.25, 0.3) is 0 Å². The summed E-state index contributed by atoms with van der Waals surface area (Å²) in [5, 5.41) is 6.42. The Labute approximate surface area is 184 Å². The number of aryl methyl sites for hydroxylation is 1. The molecule has 1 aromatic heterocycles. The highest BCUT2D eigenvalue weighted by atomic mass is 32.2. The summed E-state index contributed by atoms with van der Waals surface area (Å²) in [5.41, 5.74) is 4.78. The molecule has 9 heteroatoms. The zero-order valence-corrected chi connectivity index (χ0v) is 18.5. The van der Waals surface area contributed by atoms with Crippen molar-refractivity contribution in [1.29, 1.82) is 0 Å². The van der Waals surface area contributed by atoms with E-state index >= 15 is 0 Å². The molecule has 3 N–H and O–H groups in total. The number of nitrogens with one attached hydrogen (secondary N) is 3. The molecule has 3 aromatic carbocycles. The van der Waals surface area contributed by atoms with Gasteiger partial charge in [0.15, 0.2) is 0 Å². The van der Waals surface area contributed by atoms with Gasteiger partial charge in [0.05, 0.1) is 16.5 Å². The molecule has 0 spiro atoms. The Bertz CT molecular complexity index is 1350. The lowest BCUT2D eigenvalue weighted by atomic mass is 10.2. The number of anilines is 3. The summed E-state index contributed by atoms with van der Waals surface area (Å²) in [6, 6.07) is 19.7. The number of aromatic nitrogens is 1. The molecule has 0 fully saturated rings. The number of nitrogens with zero attached hydrogens (tertiary/aromatic N) is 1. The standard InChI is InChI=1S/C22H20N4O3S2/c1-14-3-12-19-20(13-14)30-21(25-19)15-4-6-16(7-5-15)23-22(27)24-17-8-10-18(11-9-17)26-31(2,28)29/h3-13,26H,1-2H3,(H2,23,24,27). The minimum absolute atomic E-state index is 0.396. The van der Waals surface area contributed by atoms with Crippen LogP contribution in [0.1, 0.15) is 5.56 Å². The minimum atomic E-state index is -3.34. The number of sulfonamides is 1. The molecule has 4 rings (SSSR count). The molecular weight excluding hydrogens is 432 g/mol. The van der Waals surface area contributed by atoms with Crippen molar-refractivity contribution in [2.24, 2.45) is 0 Å². The van der Waals surface area contributed by atoms with Crippen molar-refractivity contribution in [3.05, 3.63) is 72.3 Å². The third kappa shape index (κ3) is 5.39. The highest BCUT2D eigenvalue weighted by Gasteiger charge is 2.08. The van der Waals surface area contributed by atoms with Crippen LogP contribution >= 0.6 is 11.3 Å². The lowest BCUT2D eigenvalue weighted by molar-refractivity contribution is 0.262. The van der Waals surface area contributed by atoms with Crippen molar-refractivity contribution < 1.29 is 13.2 Å². The van der Waals surface area contributed by atoms with Crippen molar-refractivity contribution in [2.45, 2.75) is 6.92 Å². The van der Waals surface area contributed by atoms with Gasteiger partial charge in [-0.15, -0.1) is 11.3 Å². The fraction of sp³-hybridized carbons (Fsp3) is 0.0909. The maximum absolute atomic E-state index is 12.3. The monoisotopic (exact) mass is 452 g/mol. The first-order valence-electron chi connectivity index (χ1n) is 9.39. The topological polar surface area (TPSA) is 100 Å². The van der Waals surface area contributed by atoms with Crippen LogP contribution in [0, 0.1) is 6.92 Å². The molecule has 158 valence electrons. The second-order valence-electron chi connectivity index (χ2n) is 7.10. The van der Waals surface area contributed by atoms with Crippen LogP contribution in [0.5, 0.6) is 0 Å². The molecule has 1 heterocycles. The number of thiazole rings is 1. The van der Waals surface area contributed by atoms with E-state index in [1.54, 1.807) is 35.6 Å². The molecule has 0 atom stereocenters. The van der Waals surface area contributed by atoms with E-state index in [0.29, 0.717) is 17.1 Å². The first-order chi connectivity index (χ1) is 14.7. The summed E-state index contributed by atoms with van der Waals surface area (Å²) in [6.07, 6.45) is 1.08. The highest BCUT2D eigenvalue weighted by Crippen LogP contribution is 2.31. The van der Waals surface area contributed by atoms with Gasteiger partial charge in [-0.05, 0) is 73.2 Å². The number of hydrogen-bond donors (Lipinski definition) is 3. The number of carbonyl (C=O) groups is 1. The third-order valence-electron chi connectivity index (χ3n) is 4.38. The number of carbonyl (C=O) groups excluding carboxylic acids is 1. The van der Waals surface area contributed by atoms with Gasteiger partial charge >= 0.3 is 6.03 Å². The molecular formula is C22H20N4O3S2. The van der Waals surface area contributed by atoms with Crippen LogP contribution in [-0.4, -0.2) is 25.7 Å². The van der Waals surface area contributed by atoms with E-state index in [4.69, 9.17) is 0 Å². The zero-order valence-electron chi connectivity index (χ0n) is 16.8. The molecule has 0 aliphatic carbocycles. The Morgan fingerprint density at radius 1 is 0.871 bits per heavy atom. The number of fused-ring (bicyclic) bond motifs is 1. The molecule has 2 amide bonds. The summed E-state index contributed by atoms with van der Waals surface area (Å²) in [4.78, 5) is 16.9. The third-order valence-corrected chi connectivity index (χ3v) is 6.05. The van der Waals surface area contributed by atoms with E-state index in [1.807, 2.05) is 36.4 Å². The van der Waals surface area contributed by atoms with Crippen molar-refractivity contribution >= 4 is 54.7 Å². The maximum atomic E-state index is 12.3. The smallest absolute Gasteiger partial charge is 0.308 e. The molecule has 0 bridgehead atoms. The van der Waals surface area contributed by atoms with E-state index in [9.17, 15) is 13.2 Å². The van der Waals surface area contributed by atoms with Crippen LogP contribution in [-0.2, 0) is 10.0 Å². The van der Waals surface area contributed by atoms with Crippen LogP contribution in [0.3, 0.4) is 0 Å². The largest absolute Gasteiger partial charge is 0.323 e. The molecule has 0 aliphatic rings. The summed E-state index contributed by atoms with van der Waals surface area (Å²) in [5.74, 6) is 0. The van der Waals surface area contributed by atoms with Crippen LogP contribution in [0.15, 0.2) is 66.7 Å². The molecule has 0 aliphatic heterocycles. The molecule has 0 saturated heterocycles. The van der Waals surface area contributed by atoms with Gasteiger partial charge in [0.2, 0.25) is 10.0 Å². The van der Waals surface area contributed by atoms with Gasteiger partial charge in [-0.25, -0.2) is 18.2 Å². The van der Waals surface area contributed by atoms with E-state index < -0.39 is 16.1 Å². The average Bonchev–Trinajstić information content (AvgIpc) is 3.12. The Morgan fingerprint density at radius 3 is 2.06 bits per heavy atom. The van der Waals surface area contributed by atoms with Gasteiger partial charge in [0, 0.05) is 22.6 Å². The second-order valence-corrected chi connectivity index (χ2v) is 9.88. The maximum Gasteiger partial charge on any atom is 0.323 e. The van der Waals surface area contributed by atoms with E-state index in [2.05, 4.69) is 33.3 Å². The normalized spacial score (nSPS) is 11.3. The van der Waals surface area contributed by atoms with E-state index in [-0.39, 0.29) is 0 Å². The summed E-state index contributed by atoms with van der Waals surface area (Å²) in [6.45, 7) is 2.06. The molecule has 31 heavy (non-hydrogen) atoms. The predicted molar refractivity (Wildman–Crippen MR) is 127 cm³/mol. The molecule has 7 nitrogen and oxygen atoms in total. The first kappa shape index (κ1) is 20.8. The van der Waals surface area contributed by atoms with Crippen LogP contribution in [0.4, 0.5) is 21.9 Å². The average molecular weight is 453 g/mol. The molecule has 0 radical (unpaired) electrons. The van der Waals surface area contributed by atoms with Gasteiger partial charge in [-0.1, -0.05) is 6.07 Å². The van der Waals surface area contributed by atoms with Gasteiger partial charge in [-0.3, -0.25) is 4.72 Å². The van der Waals surface area contributed by atoms with E-state index in [1.165, 1.54) is 5.56 Å². The van der Waals surface area contributed by atoms with Gasteiger partial charge in [0.1, 0.15) is 5.01 Å². The van der Waals surface area contributed by atoms with Gasteiger partial charge in [-0.2, -0.15) is 0 Å². The lowest BCUT2D eigenvalue weighted by Gasteiger charge is -2.09. The fourth-order valence-electron chi connectivity index (χ4n) is 2.98. The number of urea groups is 1. The summed E-state index contributed by atoms with van der Waals surface area (Å²) in [7, 11) is -3.34. The van der Waals surface area contributed by atoms with Crippen LogP contribution < -0.4 is 15.4 Å². The number of hydrogen-bond acceptors (Lipinski definition) is 5. The quantitative estimate of drug-likeness (QED) is 0.383. The minimum Gasteiger partial charge on any atom is -0.308 e.